The summed E-state index contributed by atoms with van der Waals surface area (Å²) < 4.78 is 9.06. The van der Waals surface area contributed by atoms with Gasteiger partial charge >= 0.3 is 17.9 Å². The van der Waals surface area contributed by atoms with Crippen LogP contribution in [0.1, 0.15) is 32.1 Å². The van der Waals surface area contributed by atoms with E-state index in [0.29, 0.717) is 32.1 Å². The monoisotopic (exact) mass is 272 g/mol. The van der Waals surface area contributed by atoms with Gasteiger partial charge in [0.25, 0.3) is 0 Å². The highest BCUT2D eigenvalue weighted by atomic mass is 16.5. The highest BCUT2D eigenvalue weighted by molar-refractivity contribution is 5.93. The topological polar surface area (TPSA) is 89.9 Å². The van der Waals surface area contributed by atoms with Crippen molar-refractivity contribution in [3.63, 3.8) is 0 Å². The van der Waals surface area contributed by atoms with Crippen molar-refractivity contribution < 1.29 is 29.0 Å². The first-order valence-corrected chi connectivity index (χ1v) is 6.00. The van der Waals surface area contributed by atoms with Crippen LogP contribution in [0.2, 0.25) is 0 Å². The fraction of sp³-hybridized carbons (Fsp3) is 0.615. The minimum Gasteiger partial charge on any atom is -0.478 e. The smallest absolute Gasteiger partial charge is 0.331 e. The highest BCUT2D eigenvalue weighted by Gasteiger charge is 2.26. The largest absolute Gasteiger partial charge is 0.478 e. The maximum atomic E-state index is 11.5. The van der Waals surface area contributed by atoms with Gasteiger partial charge in [-0.2, -0.15) is 0 Å². The molecule has 0 aliphatic rings. The number of unbranched alkanes of at least 4 members (excludes halogenated alkanes) is 2. The van der Waals surface area contributed by atoms with E-state index in [4.69, 9.17) is 5.11 Å². The maximum absolute atomic E-state index is 11.5. The van der Waals surface area contributed by atoms with Crippen molar-refractivity contribution >= 4 is 17.9 Å². The molecule has 0 spiro atoms. The van der Waals surface area contributed by atoms with Gasteiger partial charge in [0.2, 0.25) is 0 Å². The molecule has 0 aliphatic heterocycles. The van der Waals surface area contributed by atoms with E-state index in [-0.39, 0.29) is 11.5 Å². The van der Waals surface area contributed by atoms with Crippen LogP contribution < -0.4 is 0 Å². The quantitative estimate of drug-likeness (QED) is 0.389. The van der Waals surface area contributed by atoms with Gasteiger partial charge in [0, 0.05) is 12.0 Å². The molecule has 1 N–H and O–H groups in total. The molecule has 0 bridgehead atoms. The second-order valence-corrected chi connectivity index (χ2v) is 4.08. The lowest BCUT2D eigenvalue weighted by Crippen LogP contribution is -2.22. The van der Waals surface area contributed by atoms with E-state index in [0.717, 1.165) is 0 Å². The summed E-state index contributed by atoms with van der Waals surface area (Å²) in [6, 6.07) is 0. The van der Waals surface area contributed by atoms with E-state index in [9.17, 15) is 14.4 Å². The van der Waals surface area contributed by atoms with Crippen molar-refractivity contribution in [1.29, 1.82) is 0 Å². The Morgan fingerprint density at radius 3 is 2.21 bits per heavy atom. The van der Waals surface area contributed by atoms with Crippen molar-refractivity contribution in [3.8, 4) is 0 Å². The van der Waals surface area contributed by atoms with E-state index in [1.165, 1.54) is 14.2 Å². The average Bonchev–Trinajstić information content (AvgIpc) is 2.40. The summed E-state index contributed by atoms with van der Waals surface area (Å²) in [5.41, 5.74) is -0.167. The van der Waals surface area contributed by atoms with E-state index in [2.05, 4.69) is 16.1 Å². The summed E-state index contributed by atoms with van der Waals surface area (Å²) in [4.78, 5) is 33.1. The van der Waals surface area contributed by atoms with Crippen molar-refractivity contribution in [2.24, 2.45) is 5.92 Å². The molecule has 0 saturated carbocycles. The summed E-state index contributed by atoms with van der Waals surface area (Å²) in [5.74, 6) is -2.91. The van der Waals surface area contributed by atoms with Crippen LogP contribution in [0.15, 0.2) is 12.2 Å². The Kier molecular flexibility index (Phi) is 8.24. The number of carboxylic acids is 1. The van der Waals surface area contributed by atoms with Gasteiger partial charge < -0.3 is 14.6 Å². The number of esters is 2. The average molecular weight is 272 g/mol. The Bertz CT molecular complexity index is 347. The van der Waals surface area contributed by atoms with E-state index in [1.54, 1.807) is 0 Å². The predicted octanol–water partition coefficient (Wildman–Crippen LogP) is 1.54. The van der Waals surface area contributed by atoms with Crippen LogP contribution in [0.3, 0.4) is 0 Å². The molecule has 0 aromatic rings. The molecular weight excluding hydrogens is 252 g/mol. The van der Waals surface area contributed by atoms with Crippen LogP contribution in [0.5, 0.6) is 0 Å². The number of carbonyl (C=O) groups is 3. The molecule has 0 aromatic heterocycles. The molecule has 0 rings (SSSR count). The summed E-state index contributed by atoms with van der Waals surface area (Å²) in [5, 5.41) is 8.84. The molecule has 0 heterocycles. The molecule has 0 aromatic carbocycles. The highest BCUT2D eigenvalue weighted by Crippen LogP contribution is 2.19. The lowest BCUT2D eigenvalue weighted by atomic mass is 9.94. The van der Waals surface area contributed by atoms with Crippen LogP contribution in [-0.2, 0) is 23.9 Å². The molecule has 0 amide bonds. The van der Waals surface area contributed by atoms with Crippen LogP contribution in [0, 0.1) is 5.92 Å². The Balaban J connectivity index is 4.14. The number of methoxy groups -OCH3 is 2. The van der Waals surface area contributed by atoms with Gasteiger partial charge in [-0.3, -0.25) is 9.59 Å². The molecule has 0 unspecified atom stereocenters. The fourth-order valence-corrected chi connectivity index (χ4v) is 1.62. The number of ether oxygens (including phenoxy) is 2. The number of hydrogen-bond donors (Lipinski definition) is 1. The zero-order valence-corrected chi connectivity index (χ0v) is 11.3. The number of carbonyl (C=O) groups excluding carboxylic acids is 2. The molecule has 19 heavy (non-hydrogen) atoms. The fourth-order valence-electron chi connectivity index (χ4n) is 1.62. The summed E-state index contributed by atoms with van der Waals surface area (Å²) >= 11 is 0. The SMILES string of the molecule is C=C(C(=O)O)[C@H](CCCCCC(=O)OC)C(=O)OC. The predicted molar refractivity (Wildman–Crippen MR) is 67.4 cm³/mol. The van der Waals surface area contributed by atoms with E-state index in [1.807, 2.05) is 0 Å². The van der Waals surface area contributed by atoms with Crippen molar-refractivity contribution in [3.05, 3.63) is 12.2 Å². The lowest BCUT2D eigenvalue weighted by Gasteiger charge is -2.14. The van der Waals surface area contributed by atoms with E-state index < -0.39 is 17.9 Å². The van der Waals surface area contributed by atoms with Crippen molar-refractivity contribution in [2.75, 3.05) is 14.2 Å². The molecule has 0 aliphatic carbocycles. The van der Waals surface area contributed by atoms with Crippen LogP contribution in [0.4, 0.5) is 0 Å². The Hall–Kier alpha value is -1.85. The normalized spacial score (nSPS) is 11.5. The number of carboxylic acid groups (broad SMARTS) is 1. The Labute approximate surface area is 112 Å². The Morgan fingerprint density at radius 1 is 1.11 bits per heavy atom. The van der Waals surface area contributed by atoms with Crippen LogP contribution >= 0.6 is 0 Å². The minimum absolute atomic E-state index is 0.167. The van der Waals surface area contributed by atoms with Crippen LogP contribution in [-0.4, -0.2) is 37.2 Å². The first-order chi connectivity index (χ1) is 8.93. The Morgan fingerprint density at radius 2 is 1.74 bits per heavy atom. The van der Waals surface area contributed by atoms with Gasteiger partial charge in [-0.05, 0) is 12.8 Å². The molecule has 1 atom stereocenters. The molecule has 0 radical (unpaired) electrons. The molecule has 0 saturated heterocycles. The molecule has 108 valence electrons. The zero-order chi connectivity index (χ0) is 14.8. The van der Waals surface area contributed by atoms with Gasteiger partial charge in [-0.1, -0.05) is 19.4 Å². The summed E-state index contributed by atoms with van der Waals surface area (Å²) in [7, 11) is 2.54. The molecule has 0 fully saturated rings. The van der Waals surface area contributed by atoms with Gasteiger partial charge in [0.1, 0.15) is 0 Å². The second kappa shape index (κ2) is 9.13. The summed E-state index contributed by atoms with van der Waals surface area (Å²) in [6.07, 6.45) is 2.62. The third-order valence-electron chi connectivity index (χ3n) is 2.78. The maximum Gasteiger partial charge on any atom is 0.331 e. The number of rotatable bonds is 9. The first kappa shape index (κ1) is 17.2. The zero-order valence-electron chi connectivity index (χ0n) is 11.3. The van der Waals surface area contributed by atoms with Gasteiger partial charge in [-0.25, -0.2) is 4.79 Å². The van der Waals surface area contributed by atoms with Crippen LogP contribution in [0.25, 0.3) is 0 Å². The van der Waals surface area contributed by atoms with Gasteiger partial charge in [0.05, 0.1) is 20.1 Å². The molecule has 6 nitrogen and oxygen atoms in total. The standard InChI is InChI=1S/C13H20O6/c1-9(12(15)16)10(13(17)19-3)7-5-4-6-8-11(14)18-2/h10H,1,4-8H2,2-3H3,(H,15,16)/t10-/m0/s1. The van der Waals surface area contributed by atoms with Gasteiger partial charge in [-0.15, -0.1) is 0 Å². The summed E-state index contributed by atoms with van der Waals surface area (Å²) in [6.45, 7) is 3.39. The molecule has 6 heteroatoms. The number of aliphatic carboxylic acids is 1. The lowest BCUT2D eigenvalue weighted by molar-refractivity contribution is -0.147. The minimum atomic E-state index is -1.20. The first-order valence-electron chi connectivity index (χ1n) is 6.00. The van der Waals surface area contributed by atoms with E-state index >= 15 is 0 Å². The molecular formula is C13H20O6. The van der Waals surface area contributed by atoms with Gasteiger partial charge in [0.15, 0.2) is 0 Å². The second-order valence-electron chi connectivity index (χ2n) is 4.08. The third-order valence-corrected chi connectivity index (χ3v) is 2.78. The third kappa shape index (κ3) is 6.59. The number of hydrogen-bond acceptors (Lipinski definition) is 5. The van der Waals surface area contributed by atoms with Crippen molar-refractivity contribution in [1.82, 2.24) is 0 Å². The van der Waals surface area contributed by atoms with Crippen molar-refractivity contribution in [2.45, 2.75) is 32.1 Å².